The fraction of sp³-hybridized carbons (Fsp3) is 1.00. The average Bonchev–Trinajstić information content (AvgIpc) is 3.19. The zero-order valence-electron chi connectivity index (χ0n) is 29.2. The molecular weight excluding hydrogens is 776 g/mol. The van der Waals surface area contributed by atoms with Crippen LogP contribution < -0.4 is 0 Å². The summed E-state index contributed by atoms with van der Waals surface area (Å²) in [4.78, 5) is 0. The molecule has 26 nitrogen and oxygen atoms in total. The van der Waals surface area contributed by atoms with Crippen molar-refractivity contribution in [1.82, 2.24) is 0 Å². The van der Waals surface area contributed by atoms with Crippen LogP contribution in [0, 0.1) is 0 Å². The van der Waals surface area contributed by atoms with Gasteiger partial charge in [-0.1, -0.05) is 0 Å². The molecule has 5 saturated heterocycles. The van der Waals surface area contributed by atoms with E-state index in [-0.39, 0.29) is 0 Å². The first-order valence-corrected chi connectivity index (χ1v) is 17.6. The lowest BCUT2D eigenvalue weighted by Gasteiger charge is -2.49. The van der Waals surface area contributed by atoms with Gasteiger partial charge in [0, 0.05) is 0 Å². The molecule has 5 aliphatic rings. The summed E-state index contributed by atoms with van der Waals surface area (Å²) in [6.45, 7) is -4.26. The third-order valence-electron chi connectivity index (χ3n) is 10.3. The highest BCUT2D eigenvalue weighted by atomic mass is 16.8. The number of rotatable bonds is 13. The zero-order valence-corrected chi connectivity index (χ0v) is 29.2. The summed E-state index contributed by atoms with van der Waals surface area (Å²) >= 11 is 0. The Morgan fingerprint density at radius 3 is 1.05 bits per heavy atom. The molecule has 0 amide bonds. The van der Waals surface area contributed by atoms with Gasteiger partial charge in [-0.25, -0.2) is 0 Å². The van der Waals surface area contributed by atoms with Crippen LogP contribution in [0.25, 0.3) is 0 Å². The molecule has 25 atom stereocenters. The smallest absolute Gasteiger partial charge is 0.187 e. The van der Waals surface area contributed by atoms with E-state index in [9.17, 15) is 86.8 Å². The first-order chi connectivity index (χ1) is 26.5. The van der Waals surface area contributed by atoms with Crippen LogP contribution in [-0.2, 0) is 42.6 Å². The first kappa shape index (κ1) is 46.0. The lowest BCUT2D eigenvalue weighted by Crippen LogP contribution is -2.67. The minimum absolute atomic E-state index is 0.725. The quantitative estimate of drug-likeness (QED) is 0.0819. The lowest BCUT2D eigenvalue weighted by atomic mass is 9.95. The van der Waals surface area contributed by atoms with E-state index in [1.165, 1.54) is 0 Å². The van der Waals surface area contributed by atoms with Gasteiger partial charge in [-0.3, -0.25) is 0 Å². The Morgan fingerprint density at radius 2 is 0.625 bits per heavy atom. The molecule has 328 valence electrons. The van der Waals surface area contributed by atoms with E-state index in [1.54, 1.807) is 0 Å². The van der Waals surface area contributed by atoms with Crippen LogP contribution in [0.1, 0.15) is 0 Å². The predicted molar refractivity (Wildman–Crippen MR) is 167 cm³/mol. The van der Waals surface area contributed by atoms with Crippen LogP contribution >= 0.6 is 0 Å². The van der Waals surface area contributed by atoms with E-state index >= 15 is 0 Å². The predicted octanol–water partition coefficient (Wildman–Crippen LogP) is -11.9. The Morgan fingerprint density at radius 1 is 0.304 bits per heavy atom. The van der Waals surface area contributed by atoms with Crippen LogP contribution in [-0.4, -0.2) is 273 Å². The molecule has 0 aromatic carbocycles. The summed E-state index contributed by atoms with van der Waals surface area (Å²) < 4.78 is 48.9. The molecule has 17 N–H and O–H groups in total. The van der Waals surface area contributed by atoms with E-state index in [0.29, 0.717) is 0 Å². The molecular formula is C30H52O26. The maximum Gasteiger partial charge on any atom is 0.187 e. The molecule has 0 aromatic rings. The van der Waals surface area contributed by atoms with Gasteiger partial charge >= 0.3 is 0 Å². The van der Waals surface area contributed by atoms with Crippen LogP contribution in [0.5, 0.6) is 0 Å². The van der Waals surface area contributed by atoms with Crippen molar-refractivity contribution in [3.05, 3.63) is 0 Å². The lowest BCUT2D eigenvalue weighted by molar-refractivity contribution is -0.388. The third kappa shape index (κ3) is 9.31. The molecule has 5 heterocycles. The van der Waals surface area contributed by atoms with Crippen LogP contribution in [0.4, 0.5) is 0 Å². The van der Waals surface area contributed by atoms with Crippen molar-refractivity contribution in [1.29, 1.82) is 0 Å². The Labute approximate surface area is 316 Å². The van der Waals surface area contributed by atoms with Crippen LogP contribution in [0.2, 0.25) is 0 Å². The molecule has 56 heavy (non-hydrogen) atoms. The number of aliphatic hydroxyl groups excluding tert-OH is 17. The van der Waals surface area contributed by atoms with E-state index < -0.39 is 187 Å². The summed E-state index contributed by atoms with van der Waals surface area (Å²) in [7, 11) is 0. The summed E-state index contributed by atoms with van der Waals surface area (Å²) in [6.07, 6.45) is -45.5. The second-order valence-electron chi connectivity index (χ2n) is 14.0. The van der Waals surface area contributed by atoms with Crippen molar-refractivity contribution >= 4 is 0 Å². The van der Waals surface area contributed by atoms with Crippen molar-refractivity contribution < 1.29 is 129 Å². The molecule has 0 bridgehead atoms. The normalized spacial score (nSPS) is 53.2. The molecule has 5 aliphatic heterocycles. The maximum absolute atomic E-state index is 11.1. The van der Waals surface area contributed by atoms with Gasteiger partial charge < -0.3 is 129 Å². The Hall–Kier alpha value is -1.04. The highest BCUT2D eigenvalue weighted by Crippen LogP contribution is 2.34. The fourth-order valence-electron chi connectivity index (χ4n) is 6.93. The van der Waals surface area contributed by atoms with Gasteiger partial charge in [0.1, 0.15) is 122 Å². The van der Waals surface area contributed by atoms with Crippen molar-refractivity contribution in [2.75, 3.05) is 33.0 Å². The Bertz CT molecular complexity index is 1200. The van der Waals surface area contributed by atoms with Gasteiger partial charge in [-0.2, -0.15) is 0 Å². The zero-order chi connectivity index (χ0) is 41.3. The van der Waals surface area contributed by atoms with Crippen LogP contribution in [0.3, 0.4) is 0 Å². The summed E-state index contributed by atoms with van der Waals surface area (Å²) in [5, 5.41) is 175. The van der Waals surface area contributed by atoms with Crippen molar-refractivity contribution in [2.45, 2.75) is 154 Å². The van der Waals surface area contributed by atoms with Gasteiger partial charge in [0.05, 0.1) is 33.0 Å². The van der Waals surface area contributed by atoms with Crippen molar-refractivity contribution in [3.8, 4) is 0 Å². The second-order valence-corrected chi connectivity index (χ2v) is 14.0. The highest BCUT2D eigenvalue weighted by molar-refractivity contribution is 4.98. The van der Waals surface area contributed by atoms with E-state index in [0.717, 1.165) is 0 Å². The first-order valence-electron chi connectivity index (χ1n) is 17.6. The summed E-state index contributed by atoms with van der Waals surface area (Å²) in [6, 6.07) is 0. The van der Waals surface area contributed by atoms with E-state index in [4.69, 9.17) is 42.6 Å². The minimum Gasteiger partial charge on any atom is -0.394 e. The van der Waals surface area contributed by atoms with Crippen molar-refractivity contribution in [3.63, 3.8) is 0 Å². The largest absolute Gasteiger partial charge is 0.394 e. The minimum atomic E-state index is -2.12. The molecule has 0 radical (unpaired) electrons. The molecule has 0 saturated carbocycles. The molecule has 0 aliphatic carbocycles. The van der Waals surface area contributed by atoms with Gasteiger partial charge in [0.25, 0.3) is 0 Å². The number of ether oxygens (including phenoxy) is 9. The Balaban J connectivity index is 1.22. The molecule has 5 rings (SSSR count). The van der Waals surface area contributed by atoms with Crippen LogP contribution in [0.15, 0.2) is 0 Å². The van der Waals surface area contributed by atoms with E-state index in [1.807, 2.05) is 0 Å². The fourth-order valence-corrected chi connectivity index (χ4v) is 6.93. The average molecular weight is 829 g/mol. The molecule has 5 fully saturated rings. The maximum atomic E-state index is 11.1. The summed E-state index contributed by atoms with van der Waals surface area (Å²) in [5.74, 6) is 0. The Kier molecular flexibility index (Phi) is 16.1. The molecule has 0 spiro atoms. The van der Waals surface area contributed by atoms with Gasteiger partial charge in [-0.15, -0.1) is 0 Å². The summed E-state index contributed by atoms with van der Waals surface area (Å²) in [5.41, 5.74) is 0. The molecule has 0 aromatic heterocycles. The topological polar surface area (TPSA) is 427 Å². The van der Waals surface area contributed by atoms with Gasteiger partial charge in [0.15, 0.2) is 31.5 Å². The standard InChI is InChI=1S/C30H52O26/c31-1-6-11(35)13(37)19(43)27(50-6)48-5-10-12(36)14(38)20(44)28(53-10)55-24-8(3-33)52-30(22(46)16(24)40)56-25-9(4-34)51-29(21(45)17(25)41)54-23-7(2-32)49-26(47)18(42)15(23)39/h6-47H,1-5H2/t6-,7-,8-,9-,10-,11-,12-,13+,14+,15-,16-,17-,18-,19-,20-,21-,22-,23-,24-,25-,26?,27+,28-,29-,30-/m1/s1. The highest BCUT2D eigenvalue weighted by Gasteiger charge is 2.55. The van der Waals surface area contributed by atoms with Gasteiger partial charge in [-0.05, 0) is 0 Å². The third-order valence-corrected chi connectivity index (χ3v) is 10.3. The molecule has 26 heteroatoms. The van der Waals surface area contributed by atoms with Crippen molar-refractivity contribution in [2.24, 2.45) is 0 Å². The van der Waals surface area contributed by atoms with E-state index in [2.05, 4.69) is 0 Å². The molecule has 1 unspecified atom stereocenters. The number of hydrogen-bond donors (Lipinski definition) is 17. The number of aliphatic hydroxyl groups is 17. The second kappa shape index (κ2) is 19.6. The SMILES string of the molecule is OC[C@H]1O[C@H](OC[C@H]2O[C@H](O[C@H]3[C@H](O)[C@@H](O)[C@@H](O[C@H]4[C@H](O)[C@@H](O)[C@@H](O[C@H]5[C@H](O)[C@@H](O)C(O)O[C@@H]5CO)O[C@@H]4CO)O[C@@H]3CO)[C@H](O)[C@@H](O)[C@@H]2O)[C@H](O)[C@@H](O)[C@@H]1O. The number of hydrogen-bond acceptors (Lipinski definition) is 26. The van der Waals surface area contributed by atoms with Gasteiger partial charge in [0.2, 0.25) is 0 Å². The monoisotopic (exact) mass is 828 g/mol.